The van der Waals surface area contributed by atoms with Crippen LogP contribution in [0.15, 0.2) is 36.5 Å². The van der Waals surface area contributed by atoms with Gasteiger partial charge in [-0.25, -0.2) is 8.78 Å². The average Bonchev–Trinajstić information content (AvgIpc) is 2.38. The Bertz CT molecular complexity index is 715. The minimum atomic E-state index is -3.66. The molecule has 0 unspecified atom stereocenters. The number of halogens is 2. The van der Waals surface area contributed by atoms with Crippen molar-refractivity contribution in [3.63, 3.8) is 0 Å². The zero-order chi connectivity index (χ0) is 14.8. The van der Waals surface area contributed by atoms with Gasteiger partial charge < -0.3 is 0 Å². The average molecular weight is 299 g/mol. The number of rotatable bonds is 4. The van der Waals surface area contributed by atoms with Crippen molar-refractivity contribution in [2.45, 2.75) is 6.61 Å². The molecule has 0 aliphatic rings. The molecule has 0 atom stereocenters. The van der Waals surface area contributed by atoms with Crippen LogP contribution in [-0.4, -0.2) is 19.7 Å². The van der Waals surface area contributed by atoms with Crippen LogP contribution in [0.5, 0.6) is 0 Å². The van der Waals surface area contributed by atoms with Crippen molar-refractivity contribution in [1.29, 1.82) is 0 Å². The van der Waals surface area contributed by atoms with E-state index >= 15 is 0 Å². The van der Waals surface area contributed by atoms with E-state index in [-0.39, 0.29) is 11.3 Å². The lowest BCUT2D eigenvalue weighted by Gasteiger charge is -2.07. The van der Waals surface area contributed by atoms with Crippen LogP contribution in [0.3, 0.4) is 0 Å². The van der Waals surface area contributed by atoms with Gasteiger partial charge in [-0.1, -0.05) is 0 Å². The van der Waals surface area contributed by atoms with Gasteiger partial charge in [0.1, 0.15) is 11.5 Å². The van der Waals surface area contributed by atoms with Crippen molar-refractivity contribution in [2.24, 2.45) is 0 Å². The minimum absolute atomic E-state index is 0.0135. The maximum atomic E-state index is 14.2. The van der Waals surface area contributed by atoms with Gasteiger partial charge in [0.25, 0.3) is 10.1 Å². The van der Waals surface area contributed by atoms with E-state index in [1.54, 1.807) is 0 Å². The summed E-state index contributed by atoms with van der Waals surface area (Å²) in [6.07, 6.45) is 2.22. The van der Waals surface area contributed by atoms with E-state index in [2.05, 4.69) is 9.17 Å². The molecule has 1 aromatic heterocycles. The molecule has 1 aromatic carbocycles. The van der Waals surface area contributed by atoms with Crippen LogP contribution in [0, 0.1) is 11.6 Å². The Morgan fingerprint density at radius 3 is 2.40 bits per heavy atom. The molecule has 0 fully saturated rings. The number of hydrogen-bond acceptors (Lipinski definition) is 4. The summed E-state index contributed by atoms with van der Waals surface area (Å²) in [6.45, 7) is -0.415. The van der Waals surface area contributed by atoms with Gasteiger partial charge in [-0.05, 0) is 30.3 Å². The topological polar surface area (TPSA) is 56.3 Å². The second kappa shape index (κ2) is 5.64. The van der Waals surface area contributed by atoms with Crippen molar-refractivity contribution < 1.29 is 21.4 Å². The lowest BCUT2D eigenvalue weighted by molar-refractivity contribution is 0.305. The smallest absolute Gasteiger partial charge is 0.264 e. The molecule has 7 heteroatoms. The highest BCUT2D eigenvalue weighted by Crippen LogP contribution is 2.23. The first kappa shape index (κ1) is 14.5. The Morgan fingerprint density at radius 2 is 1.80 bits per heavy atom. The number of hydrogen-bond donors (Lipinski definition) is 0. The van der Waals surface area contributed by atoms with Crippen molar-refractivity contribution in [1.82, 2.24) is 4.98 Å². The van der Waals surface area contributed by atoms with E-state index in [9.17, 15) is 17.2 Å². The maximum Gasteiger partial charge on any atom is 0.264 e. The number of pyridine rings is 1. The van der Waals surface area contributed by atoms with Gasteiger partial charge in [0.05, 0.1) is 12.9 Å². The fraction of sp³-hybridized carbons (Fsp3) is 0.154. The molecule has 0 N–H and O–H groups in total. The minimum Gasteiger partial charge on any atom is -0.265 e. The van der Waals surface area contributed by atoms with Crippen molar-refractivity contribution >= 4 is 10.1 Å². The molecule has 2 aromatic rings. The van der Waals surface area contributed by atoms with E-state index in [4.69, 9.17) is 0 Å². The lowest BCUT2D eigenvalue weighted by Crippen LogP contribution is -2.05. The molecule has 0 aliphatic heterocycles. The fourth-order valence-corrected chi connectivity index (χ4v) is 1.92. The third-order valence-corrected chi connectivity index (χ3v) is 3.06. The monoisotopic (exact) mass is 299 g/mol. The van der Waals surface area contributed by atoms with Gasteiger partial charge in [-0.3, -0.25) is 9.17 Å². The normalized spacial score (nSPS) is 11.6. The second-order valence-corrected chi connectivity index (χ2v) is 5.75. The first-order valence-electron chi connectivity index (χ1n) is 5.60. The zero-order valence-corrected chi connectivity index (χ0v) is 11.3. The molecular weight excluding hydrogens is 288 g/mol. The highest BCUT2D eigenvalue weighted by molar-refractivity contribution is 7.85. The highest BCUT2D eigenvalue weighted by atomic mass is 32.2. The first-order chi connectivity index (χ1) is 9.37. The molecule has 0 saturated carbocycles. The number of benzene rings is 1. The van der Waals surface area contributed by atoms with Gasteiger partial charge in [-0.2, -0.15) is 8.42 Å². The molecule has 2 rings (SSSR count). The van der Waals surface area contributed by atoms with Crippen LogP contribution in [0.1, 0.15) is 5.56 Å². The zero-order valence-electron chi connectivity index (χ0n) is 10.5. The Kier molecular flexibility index (Phi) is 4.10. The molecule has 4 nitrogen and oxygen atoms in total. The Hall–Kier alpha value is -1.86. The van der Waals surface area contributed by atoms with Crippen LogP contribution in [0.2, 0.25) is 0 Å². The largest absolute Gasteiger partial charge is 0.265 e. The van der Waals surface area contributed by atoms with E-state index in [0.717, 1.165) is 6.26 Å². The maximum absolute atomic E-state index is 14.2. The van der Waals surface area contributed by atoms with Crippen molar-refractivity contribution in [3.8, 4) is 11.3 Å². The van der Waals surface area contributed by atoms with Crippen LogP contribution < -0.4 is 0 Å². The van der Waals surface area contributed by atoms with E-state index in [1.165, 1.54) is 36.5 Å². The summed E-state index contributed by atoms with van der Waals surface area (Å²) < 4.78 is 53.4. The summed E-state index contributed by atoms with van der Waals surface area (Å²) in [5.41, 5.74) is 0.467. The summed E-state index contributed by atoms with van der Waals surface area (Å²) in [6, 6.07) is 6.49. The van der Waals surface area contributed by atoms with Gasteiger partial charge in [0.15, 0.2) is 5.82 Å². The summed E-state index contributed by atoms with van der Waals surface area (Å²) in [7, 11) is -3.66. The summed E-state index contributed by atoms with van der Waals surface area (Å²) in [5, 5.41) is 0. The van der Waals surface area contributed by atoms with Crippen LogP contribution in [0.25, 0.3) is 11.3 Å². The van der Waals surface area contributed by atoms with Crippen LogP contribution in [-0.2, 0) is 20.9 Å². The predicted molar refractivity (Wildman–Crippen MR) is 69.2 cm³/mol. The molecule has 0 radical (unpaired) electrons. The Labute approximate surface area is 115 Å². The molecule has 1 heterocycles. The number of aromatic nitrogens is 1. The summed E-state index contributed by atoms with van der Waals surface area (Å²) >= 11 is 0. The Balaban J connectivity index is 2.34. The van der Waals surface area contributed by atoms with Crippen molar-refractivity contribution in [2.75, 3.05) is 6.26 Å². The van der Waals surface area contributed by atoms with Crippen molar-refractivity contribution in [3.05, 3.63) is 53.7 Å². The molecule has 0 saturated heterocycles. The van der Waals surface area contributed by atoms with E-state index in [0.29, 0.717) is 5.56 Å². The molecule has 0 bridgehead atoms. The highest BCUT2D eigenvalue weighted by Gasteiger charge is 2.13. The standard InChI is InChI=1S/C13H11F2NO3S/c1-20(17,18)19-8-10-6-7-16-13(12(10)15)9-2-4-11(14)5-3-9/h2-7H,8H2,1H3. The second-order valence-electron chi connectivity index (χ2n) is 4.11. The SMILES string of the molecule is CS(=O)(=O)OCc1ccnc(-c2ccc(F)cc2)c1F. The number of nitrogens with zero attached hydrogens (tertiary/aromatic N) is 1. The molecule has 0 amide bonds. The quantitative estimate of drug-likeness (QED) is 0.814. The molecular formula is C13H11F2NO3S. The molecule has 20 heavy (non-hydrogen) atoms. The van der Waals surface area contributed by atoms with E-state index in [1.807, 2.05) is 0 Å². The molecule has 0 aliphatic carbocycles. The summed E-state index contributed by atoms with van der Waals surface area (Å²) in [5.74, 6) is -1.13. The third-order valence-electron chi connectivity index (χ3n) is 2.52. The predicted octanol–water partition coefficient (Wildman–Crippen LogP) is 2.50. The van der Waals surface area contributed by atoms with E-state index < -0.39 is 28.4 Å². The fourth-order valence-electron chi connectivity index (χ4n) is 1.57. The van der Waals surface area contributed by atoms with Gasteiger partial charge in [-0.15, -0.1) is 0 Å². The third kappa shape index (κ3) is 3.58. The van der Waals surface area contributed by atoms with Crippen LogP contribution in [0.4, 0.5) is 8.78 Å². The Morgan fingerprint density at radius 1 is 1.15 bits per heavy atom. The van der Waals surface area contributed by atoms with Gasteiger partial charge in [0.2, 0.25) is 0 Å². The summed E-state index contributed by atoms with van der Waals surface area (Å²) in [4.78, 5) is 3.88. The molecule has 0 spiro atoms. The lowest BCUT2D eigenvalue weighted by atomic mass is 10.1. The molecule has 106 valence electrons. The van der Waals surface area contributed by atoms with Gasteiger partial charge >= 0.3 is 0 Å². The van der Waals surface area contributed by atoms with Crippen LogP contribution >= 0.6 is 0 Å². The first-order valence-corrected chi connectivity index (χ1v) is 7.42. The van der Waals surface area contributed by atoms with Gasteiger partial charge in [0, 0.05) is 17.3 Å².